The van der Waals surface area contributed by atoms with Crippen LogP contribution in [-0.4, -0.2) is 45.8 Å². The van der Waals surface area contributed by atoms with Crippen LogP contribution < -0.4 is 10.6 Å². The zero-order chi connectivity index (χ0) is 29.2. The van der Waals surface area contributed by atoms with Crippen LogP contribution in [0, 0.1) is 0 Å². The fourth-order valence-corrected chi connectivity index (χ4v) is 6.11. The topological polar surface area (TPSA) is 129 Å². The standard InChI is InChI=1S/C34H33N3O5/c38-27-15-9-12-23-29(27)33(41)30-24(32(23)40)18-20(19-28(30)39)34(42)36-17-8-2-1-7-16-35-31-21-10-3-5-13-25(21)37-26-14-6-4-11-22(26)31/h3,5,9-10,12-13,15,18-19,38-39H,1-2,4,6-8,11,14,16-17H2,(H,35,37)(H,36,42). The molecule has 0 unspecified atom stereocenters. The van der Waals surface area contributed by atoms with Crippen molar-refractivity contribution in [3.05, 3.63) is 93.7 Å². The second-order valence-electron chi connectivity index (χ2n) is 11.0. The average molecular weight is 564 g/mol. The van der Waals surface area contributed by atoms with Gasteiger partial charge in [0.05, 0.1) is 16.6 Å². The highest BCUT2D eigenvalue weighted by Crippen LogP contribution is 2.37. The van der Waals surface area contributed by atoms with E-state index in [1.807, 2.05) is 6.07 Å². The van der Waals surface area contributed by atoms with Crippen molar-refractivity contribution in [2.75, 3.05) is 18.4 Å². The lowest BCUT2D eigenvalue weighted by Crippen LogP contribution is -2.26. The van der Waals surface area contributed by atoms with Crippen molar-refractivity contribution >= 4 is 34.1 Å². The molecule has 4 N–H and O–H groups in total. The van der Waals surface area contributed by atoms with Gasteiger partial charge in [-0.25, -0.2) is 0 Å². The minimum Gasteiger partial charge on any atom is -0.507 e. The number of aromatic nitrogens is 1. The van der Waals surface area contributed by atoms with Crippen LogP contribution in [0.1, 0.15) is 92.0 Å². The number of nitrogens with one attached hydrogen (secondary N) is 2. The van der Waals surface area contributed by atoms with E-state index in [0.29, 0.717) is 6.54 Å². The summed E-state index contributed by atoms with van der Waals surface area (Å²) in [6.07, 6.45) is 8.25. The SMILES string of the molecule is O=C(NCCCCCCNc1c2c(nc3ccccc13)CCCC2)c1cc(O)c2c(c1)C(=O)c1cccc(O)c1C2=O. The summed E-state index contributed by atoms with van der Waals surface area (Å²) in [7, 11) is 0. The number of anilines is 1. The van der Waals surface area contributed by atoms with Gasteiger partial charge in [-0.05, 0) is 68.4 Å². The van der Waals surface area contributed by atoms with Crippen LogP contribution in [0.3, 0.4) is 0 Å². The third-order valence-electron chi connectivity index (χ3n) is 8.23. The smallest absolute Gasteiger partial charge is 0.251 e. The van der Waals surface area contributed by atoms with E-state index in [9.17, 15) is 24.6 Å². The number of benzene rings is 3. The molecule has 1 amide bonds. The quantitative estimate of drug-likeness (QED) is 0.169. The molecule has 1 heterocycles. The molecular formula is C34H33N3O5. The molecule has 214 valence electrons. The number of pyridine rings is 1. The molecule has 0 saturated heterocycles. The first-order valence-electron chi connectivity index (χ1n) is 14.6. The van der Waals surface area contributed by atoms with Crippen molar-refractivity contribution < 1.29 is 24.6 Å². The minimum atomic E-state index is -0.645. The molecule has 0 radical (unpaired) electrons. The van der Waals surface area contributed by atoms with Crippen molar-refractivity contribution in [2.24, 2.45) is 0 Å². The molecule has 8 nitrogen and oxygen atoms in total. The van der Waals surface area contributed by atoms with Crippen molar-refractivity contribution in [3.63, 3.8) is 0 Å². The predicted molar refractivity (Wildman–Crippen MR) is 161 cm³/mol. The number of aryl methyl sites for hydroxylation is 1. The third-order valence-corrected chi connectivity index (χ3v) is 8.23. The van der Waals surface area contributed by atoms with E-state index in [4.69, 9.17) is 4.98 Å². The van der Waals surface area contributed by atoms with Crippen LogP contribution in [0.2, 0.25) is 0 Å². The molecule has 2 aliphatic carbocycles. The second kappa shape index (κ2) is 11.6. The Morgan fingerprint density at radius 3 is 2.40 bits per heavy atom. The highest BCUT2D eigenvalue weighted by Gasteiger charge is 2.35. The molecule has 42 heavy (non-hydrogen) atoms. The number of fused-ring (bicyclic) bond motifs is 4. The van der Waals surface area contributed by atoms with Crippen molar-refractivity contribution in [1.82, 2.24) is 10.3 Å². The van der Waals surface area contributed by atoms with E-state index in [0.717, 1.165) is 50.6 Å². The van der Waals surface area contributed by atoms with E-state index in [2.05, 4.69) is 28.8 Å². The molecule has 2 aliphatic rings. The summed E-state index contributed by atoms with van der Waals surface area (Å²) in [6.45, 7) is 1.32. The molecular weight excluding hydrogens is 530 g/mol. The summed E-state index contributed by atoms with van der Waals surface area (Å²) in [5.74, 6) is -2.37. The lowest BCUT2D eigenvalue weighted by Gasteiger charge is -2.21. The number of nitrogens with zero attached hydrogens (tertiary/aromatic N) is 1. The number of aromatic hydroxyl groups is 2. The van der Waals surface area contributed by atoms with Gasteiger partial charge < -0.3 is 20.8 Å². The molecule has 0 bridgehead atoms. The summed E-state index contributed by atoms with van der Waals surface area (Å²) in [6, 6.07) is 15.1. The fourth-order valence-electron chi connectivity index (χ4n) is 6.11. The molecule has 0 fully saturated rings. The van der Waals surface area contributed by atoms with Gasteiger partial charge in [0.1, 0.15) is 11.5 Å². The summed E-state index contributed by atoms with van der Waals surface area (Å²) in [5, 5.41) is 28.4. The van der Waals surface area contributed by atoms with Crippen LogP contribution in [-0.2, 0) is 12.8 Å². The van der Waals surface area contributed by atoms with E-state index in [-0.39, 0.29) is 33.6 Å². The fraction of sp³-hybridized carbons (Fsp3) is 0.294. The lowest BCUT2D eigenvalue weighted by molar-refractivity contribution is 0.0948. The van der Waals surface area contributed by atoms with Gasteiger partial charge in [0.15, 0.2) is 5.78 Å². The van der Waals surface area contributed by atoms with Crippen LogP contribution in [0.5, 0.6) is 11.5 Å². The largest absolute Gasteiger partial charge is 0.507 e. The molecule has 8 heteroatoms. The Morgan fingerprint density at radius 2 is 1.55 bits per heavy atom. The number of amides is 1. The number of carbonyl (C=O) groups excluding carboxylic acids is 3. The first-order valence-corrected chi connectivity index (χ1v) is 14.6. The number of hydrogen-bond acceptors (Lipinski definition) is 7. The van der Waals surface area contributed by atoms with Gasteiger partial charge >= 0.3 is 0 Å². The molecule has 0 spiro atoms. The minimum absolute atomic E-state index is 0.0426. The van der Waals surface area contributed by atoms with Gasteiger partial charge in [-0.1, -0.05) is 43.2 Å². The molecule has 6 rings (SSSR count). The Kier molecular flexibility index (Phi) is 7.61. The number of hydrogen-bond donors (Lipinski definition) is 4. The number of ketones is 2. The number of phenolic OH excluding ortho intramolecular Hbond substituents is 2. The number of carbonyl (C=O) groups is 3. The van der Waals surface area contributed by atoms with E-state index in [1.54, 1.807) is 0 Å². The summed E-state index contributed by atoms with van der Waals surface area (Å²) >= 11 is 0. The molecule has 4 aromatic rings. The molecule has 0 atom stereocenters. The molecule has 0 saturated carbocycles. The summed E-state index contributed by atoms with van der Waals surface area (Å²) in [4.78, 5) is 43.7. The second-order valence-corrected chi connectivity index (χ2v) is 11.0. The lowest BCUT2D eigenvalue weighted by atomic mass is 9.82. The van der Waals surface area contributed by atoms with Gasteiger partial charge in [-0.2, -0.15) is 0 Å². The van der Waals surface area contributed by atoms with Crippen LogP contribution >= 0.6 is 0 Å². The zero-order valence-corrected chi connectivity index (χ0v) is 23.3. The monoisotopic (exact) mass is 563 g/mol. The summed E-state index contributed by atoms with van der Waals surface area (Å²) in [5.41, 5.74) is 4.66. The highest BCUT2D eigenvalue weighted by atomic mass is 16.3. The first-order chi connectivity index (χ1) is 20.4. The number of para-hydroxylation sites is 1. The van der Waals surface area contributed by atoms with Gasteiger partial charge in [0, 0.05) is 46.5 Å². The number of unbranched alkanes of at least 4 members (excludes halogenated alkanes) is 3. The van der Waals surface area contributed by atoms with Crippen molar-refractivity contribution in [1.29, 1.82) is 0 Å². The Bertz CT molecular complexity index is 1730. The predicted octanol–water partition coefficient (Wildman–Crippen LogP) is 5.70. The maximum atomic E-state index is 13.0. The Labute approximate surface area is 243 Å². The highest BCUT2D eigenvalue weighted by molar-refractivity contribution is 6.30. The third kappa shape index (κ3) is 5.09. The van der Waals surface area contributed by atoms with Crippen molar-refractivity contribution in [2.45, 2.75) is 51.4 Å². The zero-order valence-electron chi connectivity index (χ0n) is 23.3. The average Bonchev–Trinajstić information content (AvgIpc) is 3.00. The summed E-state index contributed by atoms with van der Waals surface area (Å²) < 4.78 is 0. The number of phenols is 2. The number of rotatable bonds is 9. The Balaban J connectivity index is 1.00. The van der Waals surface area contributed by atoms with Crippen molar-refractivity contribution in [3.8, 4) is 11.5 Å². The van der Waals surface area contributed by atoms with Gasteiger partial charge in [-0.3, -0.25) is 19.4 Å². The molecule has 1 aromatic heterocycles. The maximum absolute atomic E-state index is 13.0. The van der Waals surface area contributed by atoms with Crippen LogP contribution in [0.25, 0.3) is 10.9 Å². The van der Waals surface area contributed by atoms with E-state index >= 15 is 0 Å². The van der Waals surface area contributed by atoms with Gasteiger partial charge in [0.2, 0.25) is 5.78 Å². The Morgan fingerprint density at radius 1 is 0.786 bits per heavy atom. The van der Waals surface area contributed by atoms with E-state index in [1.165, 1.54) is 65.5 Å². The normalized spacial score (nSPS) is 13.8. The first kappa shape index (κ1) is 27.4. The molecule has 3 aromatic carbocycles. The maximum Gasteiger partial charge on any atom is 0.251 e. The van der Waals surface area contributed by atoms with Gasteiger partial charge in [0.25, 0.3) is 5.91 Å². The van der Waals surface area contributed by atoms with Crippen LogP contribution in [0.4, 0.5) is 5.69 Å². The Hall–Kier alpha value is -4.72. The molecule has 0 aliphatic heterocycles. The van der Waals surface area contributed by atoms with E-state index < -0.39 is 23.2 Å². The van der Waals surface area contributed by atoms with Crippen LogP contribution in [0.15, 0.2) is 54.6 Å². The van der Waals surface area contributed by atoms with Gasteiger partial charge in [-0.15, -0.1) is 0 Å².